The number of Topliss-reactive ketones (excluding diaryl/α,β-unsaturated/α-hetero) is 1. The van der Waals surface area contributed by atoms with Crippen LogP contribution in [0.4, 0.5) is 5.69 Å². The Labute approximate surface area is 265 Å². The Kier molecular flexibility index (Phi) is 14.8. The summed E-state index contributed by atoms with van der Waals surface area (Å²) in [6.45, 7) is 7.55. The normalized spacial score (nSPS) is 16.6. The highest BCUT2D eigenvalue weighted by Crippen LogP contribution is 2.21. The van der Waals surface area contributed by atoms with Gasteiger partial charge in [-0.3, -0.25) is 14.4 Å². The Morgan fingerprint density at radius 1 is 0.705 bits per heavy atom. The van der Waals surface area contributed by atoms with Gasteiger partial charge in [0.05, 0.1) is 37.9 Å². The standard InChI is InChI=1S/C12H26N.C12H10.C8H5NO2.C6H11NO/c1-3-4-5-7-10-13(2)11-8-6-9-12-13;1-3-7-11(8-4-1)12-9-5-2-6-10-12;10-7-5-3-1-2-4-6(5)9-8(7)11;1-7-5-3-2-4-6(7)8/h3-12H2,1-2H3;1-10H;1-4H,(H,9,10,11);2-5H2,1H3/q+1;;;. The summed E-state index contributed by atoms with van der Waals surface area (Å²) in [6, 6.07) is 27.6. The lowest BCUT2D eigenvalue weighted by Gasteiger charge is -2.37. The van der Waals surface area contributed by atoms with E-state index in [1.54, 1.807) is 29.2 Å². The first kappa shape index (κ1) is 34.7. The third-order valence-corrected chi connectivity index (χ3v) is 8.51. The first-order chi connectivity index (χ1) is 21.3. The van der Waals surface area contributed by atoms with E-state index in [0.29, 0.717) is 17.2 Å². The number of piperidine rings is 2. The number of carbonyl (C=O) groups excluding carboxylic acids is 3. The van der Waals surface area contributed by atoms with Crippen LogP contribution >= 0.6 is 0 Å². The van der Waals surface area contributed by atoms with Crippen molar-refractivity contribution in [1.82, 2.24) is 4.90 Å². The van der Waals surface area contributed by atoms with Crippen LogP contribution in [0.15, 0.2) is 84.9 Å². The van der Waals surface area contributed by atoms with Crippen LogP contribution in [-0.2, 0) is 9.59 Å². The van der Waals surface area contributed by atoms with E-state index in [9.17, 15) is 14.4 Å². The van der Waals surface area contributed by atoms with Crippen LogP contribution in [0.2, 0.25) is 0 Å². The summed E-state index contributed by atoms with van der Waals surface area (Å²) in [7, 11) is 4.31. The van der Waals surface area contributed by atoms with Crippen molar-refractivity contribution in [3.8, 4) is 11.1 Å². The minimum atomic E-state index is -0.536. The summed E-state index contributed by atoms with van der Waals surface area (Å²) in [4.78, 5) is 34.3. The first-order valence-electron chi connectivity index (χ1n) is 16.5. The molecule has 0 aromatic heterocycles. The molecule has 3 aromatic rings. The van der Waals surface area contributed by atoms with Gasteiger partial charge in [-0.1, -0.05) is 92.6 Å². The molecule has 0 spiro atoms. The topological polar surface area (TPSA) is 66.5 Å². The summed E-state index contributed by atoms with van der Waals surface area (Å²) in [6.07, 6.45) is 13.1. The molecule has 6 heteroatoms. The van der Waals surface area contributed by atoms with Gasteiger partial charge in [0.1, 0.15) is 0 Å². The Bertz CT molecular complexity index is 1250. The van der Waals surface area contributed by atoms with Crippen LogP contribution in [0.1, 0.15) is 81.5 Å². The van der Waals surface area contributed by atoms with Crippen molar-refractivity contribution in [1.29, 1.82) is 0 Å². The summed E-state index contributed by atoms with van der Waals surface area (Å²) in [5, 5.41) is 2.46. The number of anilines is 1. The molecular formula is C38H52N3O3+. The molecule has 6 rings (SSSR count). The average molecular weight is 599 g/mol. The Hall–Kier alpha value is -3.77. The largest absolute Gasteiger partial charge is 0.346 e. The fraction of sp³-hybridized carbons (Fsp3) is 0.447. The maximum atomic E-state index is 11.0. The van der Waals surface area contributed by atoms with E-state index in [4.69, 9.17) is 0 Å². The van der Waals surface area contributed by atoms with Gasteiger partial charge in [0.2, 0.25) is 5.91 Å². The number of likely N-dealkylation sites (tertiary alicyclic amines) is 2. The van der Waals surface area contributed by atoms with Crippen molar-refractivity contribution < 1.29 is 18.9 Å². The third-order valence-electron chi connectivity index (χ3n) is 8.51. The molecule has 3 heterocycles. The van der Waals surface area contributed by atoms with E-state index in [0.717, 1.165) is 19.4 Å². The second-order valence-corrected chi connectivity index (χ2v) is 12.2. The van der Waals surface area contributed by atoms with Gasteiger partial charge in [-0.05, 0) is 68.2 Å². The van der Waals surface area contributed by atoms with Crippen LogP contribution in [0.25, 0.3) is 11.1 Å². The summed E-state index contributed by atoms with van der Waals surface area (Å²) in [5.41, 5.74) is 3.64. The second kappa shape index (κ2) is 18.8. The predicted octanol–water partition coefficient (Wildman–Crippen LogP) is 8.00. The zero-order valence-electron chi connectivity index (χ0n) is 27.1. The number of carbonyl (C=O) groups is 3. The van der Waals surface area contributed by atoms with Gasteiger partial charge in [-0.15, -0.1) is 0 Å². The number of hydrogen-bond acceptors (Lipinski definition) is 3. The van der Waals surface area contributed by atoms with Crippen LogP contribution in [-0.4, -0.2) is 67.3 Å². The lowest BCUT2D eigenvalue weighted by atomic mass is 10.1. The highest BCUT2D eigenvalue weighted by molar-refractivity contribution is 6.51. The van der Waals surface area contributed by atoms with E-state index in [1.165, 1.54) is 86.6 Å². The van der Waals surface area contributed by atoms with Gasteiger partial charge < -0.3 is 14.7 Å². The molecule has 0 aliphatic carbocycles. The molecule has 1 N–H and O–H groups in total. The van der Waals surface area contributed by atoms with Crippen LogP contribution in [0.3, 0.4) is 0 Å². The summed E-state index contributed by atoms with van der Waals surface area (Å²) in [5.74, 6) is -0.678. The van der Waals surface area contributed by atoms with Crippen molar-refractivity contribution in [2.45, 2.75) is 71.1 Å². The number of benzene rings is 3. The number of fused-ring (bicyclic) bond motifs is 1. The minimum Gasteiger partial charge on any atom is -0.346 e. The number of amides is 2. The molecule has 0 unspecified atom stereocenters. The molecule has 0 bridgehead atoms. The fourth-order valence-corrected chi connectivity index (χ4v) is 5.71. The lowest BCUT2D eigenvalue weighted by Crippen LogP contribution is -2.48. The summed E-state index contributed by atoms with van der Waals surface area (Å²) < 4.78 is 1.36. The smallest absolute Gasteiger partial charge is 0.296 e. The van der Waals surface area contributed by atoms with E-state index < -0.39 is 11.7 Å². The van der Waals surface area contributed by atoms with Crippen molar-refractivity contribution >= 4 is 23.3 Å². The Morgan fingerprint density at radius 3 is 1.82 bits per heavy atom. The maximum absolute atomic E-state index is 11.0. The van der Waals surface area contributed by atoms with Gasteiger partial charge in [0, 0.05) is 20.0 Å². The lowest BCUT2D eigenvalue weighted by molar-refractivity contribution is -0.914. The highest BCUT2D eigenvalue weighted by Gasteiger charge is 2.26. The number of rotatable bonds is 6. The molecule has 2 saturated heterocycles. The molecule has 236 valence electrons. The number of hydrogen-bond donors (Lipinski definition) is 1. The van der Waals surface area contributed by atoms with Gasteiger partial charge in [-0.2, -0.15) is 0 Å². The third kappa shape index (κ3) is 11.7. The Morgan fingerprint density at radius 2 is 1.30 bits per heavy atom. The van der Waals surface area contributed by atoms with E-state index in [1.807, 2.05) is 19.2 Å². The monoisotopic (exact) mass is 598 g/mol. The van der Waals surface area contributed by atoms with Gasteiger partial charge in [0.15, 0.2) is 0 Å². The van der Waals surface area contributed by atoms with Gasteiger partial charge in [-0.25, -0.2) is 0 Å². The molecule has 2 amide bonds. The number of nitrogens with zero attached hydrogens (tertiary/aromatic N) is 2. The molecule has 44 heavy (non-hydrogen) atoms. The van der Waals surface area contributed by atoms with Gasteiger partial charge >= 0.3 is 0 Å². The average Bonchev–Trinajstić information content (AvgIpc) is 3.36. The number of ketones is 1. The van der Waals surface area contributed by atoms with Crippen molar-refractivity contribution in [2.24, 2.45) is 0 Å². The Balaban J connectivity index is 0.000000162. The predicted molar refractivity (Wildman–Crippen MR) is 182 cm³/mol. The molecule has 0 saturated carbocycles. The maximum Gasteiger partial charge on any atom is 0.296 e. The number of para-hydroxylation sites is 1. The van der Waals surface area contributed by atoms with Gasteiger partial charge in [0.25, 0.3) is 11.7 Å². The first-order valence-corrected chi connectivity index (χ1v) is 16.5. The second-order valence-electron chi connectivity index (χ2n) is 12.2. The minimum absolute atomic E-state index is 0.302. The van der Waals surface area contributed by atoms with Crippen molar-refractivity contribution in [2.75, 3.05) is 45.6 Å². The van der Waals surface area contributed by atoms with Crippen LogP contribution in [0.5, 0.6) is 0 Å². The molecule has 3 aliphatic rings. The molecule has 3 aliphatic heterocycles. The van der Waals surface area contributed by atoms with E-state index in [2.05, 4.69) is 67.8 Å². The van der Waals surface area contributed by atoms with Crippen molar-refractivity contribution in [3.05, 3.63) is 90.5 Å². The SMILES string of the molecule is CCCCCC[N+]1(C)CCCCC1.CN1CCCCC1=O.O=C1Nc2ccccc2C1=O.c1ccc(-c2ccccc2)cc1. The zero-order chi connectivity index (χ0) is 31.6. The van der Waals surface area contributed by atoms with Crippen LogP contribution < -0.4 is 5.32 Å². The number of unbranched alkanes of at least 4 members (excludes halogenated alkanes) is 3. The van der Waals surface area contributed by atoms with Crippen LogP contribution in [0, 0.1) is 0 Å². The van der Waals surface area contributed by atoms with E-state index in [-0.39, 0.29) is 0 Å². The number of quaternary nitrogens is 1. The molecule has 0 radical (unpaired) electrons. The molecule has 6 nitrogen and oxygen atoms in total. The highest BCUT2D eigenvalue weighted by atomic mass is 16.2. The molecule has 0 atom stereocenters. The fourth-order valence-electron chi connectivity index (χ4n) is 5.71. The zero-order valence-corrected chi connectivity index (χ0v) is 27.1. The van der Waals surface area contributed by atoms with E-state index >= 15 is 0 Å². The quantitative estimate of drug-likeness (QED) is 0.178. The molecule has 2 fully saturated rings. The number of nitrogens with one attached hydrogen (secondary N) is 1. The van der Waals surface area contributed by atoms with Crippen molar-refractivity contribution in [3.63, 3.8) is 0 Å². The molecular weight excluding hydrogens is 546 g/mol. The summed E-state index contributed by atoms with van der Waals surface area (Å²) >= 11 is 0. The molecule has 3 aromatic carbocycles.